The first-order valence-electron chi connectivity index (χ1n) is 5.45. The Balaban J connectivity index is 2.23. The lowest BCUT2D eigenvalue weighted by Gasteiger charge is -2.18. The fourth-order valence-electron chi connectivity index (χ4n) is 2.30. The zero-order valence-electron chi connectivity index (χ0n) is 8.96. The van der Waals surface area contributed by atoms with E-state index in [2.05, 4.69) is 24.4 Å². The van der Waals surface area contributed by atoms with E-state index in [9.17, 15) is 0 Å². The molecule has 1 aromatic rings. The van der Waals surface area contributed by atoms with Crippen molar-refractivity contribution in [2.45, 2.75) is 19.3 Å². The van der Waals surface area contributed by atoms with E-state index in [1.165, 1.54) is 11.3 Å². The molecule has 2 unspecified atom stereocenters. The molecule has 1 heterocycles. The minimum atomic E-state index is 0.558. The molecule has 0 spiro atoms. The summed E-state index contributed by atoms with van der Waals surface area (Å²) in [6.45, 7) is 4.03. The summed E-state index contributed by atoms with van der Waals surface area (Å²) in [5.74, 6) is 1.17. The average Bonchev–Trinajstić information content (AvgIpc) is 2.60. The van der Waals surface area contributed by atoms with Crippen LogP contribution in [0.4, 0.5) is 5.69 Å². The summed E-state index contributed by atoms with van der Waals surface area (Å²) >= 11 is 6.02. The van der Waals surface area contributed by atoms with Crippen molar-refractivity contribution in [1.29, 1.82) is 0 Å². The van der Waals surface area contributed by atoms with Crippen LogP contribution in [0.1, 0.15) is 24.8 Å². The van der Waals surface area contributed by atoms with Gasteiger partial charge in [-0.15, -0.1) is 0 Å². The maximum absolute atomic E-state index is 6.02. The fraction of sp³-hybridized carbons (Fsp3) is 0.500. The molecule has 2 atom stereocenters. The molecule has 2 nitrogen and oxygen atoms in total. The first-order valence-corrected chi connectivity index (χ1v) is 5.83. The van der Waals surface area contributed by atoms with Gasteiger partial charge in [0.2, 0.25) is 0 Å². The largest absolute Gasteiger partial charge is 0.384 e. The lowest BCUT2D eigenvalue weighted by molar-refractivity contribution is 0.459. The van der Waals surface area contributed by atoms with Gasteiger partial charge in [0.25, 0.3) is 0 Å². The van der Waals surface area contributed by atoms with Crippen LogP contribution in [0.25, 0.3) is 0 Å². The van der Waals surface area contributed by atoms with Gasteiger partial charge in [0.15, 0.2) is 0 Å². The van der Waals surface area contributed by atoms with Crippen LogP contribution in [0.5, 0.6) is 0 Å². The van der Waals surface area contributed by atoms with Crippen LogP contribution < -0.4 is 11.1 Å². The lowest BCUT2D eigenvalue weighted by atomic mass is 9.87. The van der Waals surface area contributed by atoms with E-state index in [0.29, 0.717) is 11.8 Å². The molecular formula is C12H17ClN2. The summed E-state index contributed by atoms with van der Waals surface area (Å²) < 4.78 is 0. The van der Waals surface area contributed by atoms with Crippen LogP contribution >= 0.6 is 11.6 Å². The van der Waals surface area contributed by atoms with Crippen LogP contribution in [0, 0.1) is 5.92 Å². The third kappa shape index (κ3) is 2.11. The van der Waals surface area contributed by atoms with Gasteiger partial charge in [-0.2, -0.15) is 0 Å². The predicted molar refractivity (Wildman–Crippen MR) is 65.5 cm³/mol. The molecule has 1 aliphatic heterocycles. The highest BCUT2D eigenvalue weighted by Gasteiger charge is 2.26. The third-order valence-electron chi connectivity index (χ3n) is 3.23. The molecular weight excluding hydrogens is 208 g/mol. The summed E-state index contributed by atoms with van der Waals surface area (Å²) in [5, 5.41) is 4.24. The van der Waals surface area contributed by atoms with Crippen molar-refractivity contribution in [2.75, 3.05) is 18.4 Å². The SMILES string of the molecule is CC(CCN)C1CNc2ccc(Cl)cc21. The van der Waals surface area contributed by atoms with Crippen LogP contribution in [0.3, 0.4) is 0 Å². The number of hydrogen-bond acceptors (Lipinski definition) is 2. The Morgan fingerprint density at radius 1 is 1.60 bits per heavy atom. The van der Waals surface area contributed by atoms with E-state index < -0.39 is 0 Å². The highest BCUT2D eigenvalue weighted by molar-refractivity contribution is 6.30. The van der Waals surface area contributed by atoms with E-state index in [0.717, 1.165) is 24.5 Å². The number of nitrogens with one attached hydrogen (secondary N) is 1. The Hall–Kier alpha value is -0.730. The molecule has 2 rings (SSSR count). The molecule has 0 fully saturated rings. The highest BCUT2D eigenvalue weighted by Crippen LogP contribution is 2.38. The molecule has 0 radical (unpaired) electrons. The van der Waals surface area contributed by atoms with Crippen LogP contribution in [0.2, 0.25) is 5.02 Å². The number of benzene rings is 1. The van der Waals surface area contributed by atoms with E-state index in [1.807, 2.05) is 6.07 Å². The zero-order valence-corrected chi connectivity index (χ0v) is 9.72. The van der Waals surface area contributed by atoms with Crippen molar-refractivity contribution in [1.82, 2.24) is 0 Å². The van der Waals surface area contributed by atoms with Gasteiger partial charge in [-0.3, -0.25) is 0 Å². The number of nitrogens with two attached hydrogens (primary N) is 1. The Labute approximate surface area is 95.8 Å². The smallest absolute Gasteiger partial charge is 0.0410 e. The molecule has 0 aliphatic carbocycles. The van der Waals surface area contributed by atoms with E-state index in [1.54, 1.807) is 0 Å². The standard InChI is InChI=1S/C12H17ClN2/c1-8(4-5-14)11-7-15-12-3-2-9(13)6-10(11)12/h2-3,6,8,11,15H,4-5,7,14H2,1H3. The number of fused-ring (bicyclic) bond motifs is 1. The molecule has 3 N–H and O–H groups in total. The van der Waals surface area contributed by atoms with Gasteiger partial charge < -0.3 is 11.1 Å². The minimum Gasteiger partial charge on any atom is -0.384 e. The Kier molecular flexibility index (Phi) is 3.17. The van der Waals surface area contributed by atoms with Crippen LogP contribution in [-0.2, 0) is 0 Å². The minimum absolute atomic E-state index is 0.558. The van der Waals surface area contributed by atoms with Crippen molar-refractivity contribution >= 4 is 17.3 Å². The van der Waals surface area contributed by atoms with Crippen molar-refractivity contribution in [3.63, 3.8) is 0 Å². The first kappa shape index (κ1) is 10.8. The number of hydrogen-bond donors (Lipinski definition) is 2. The molecule has 0 saturated heterocycles. The molecule has 15 heavy (non-hydrogen) atoms. The quantitative estimate of drug-likeness (QED) is 0.829. The topological polar surface area (TPSA) is 38.0 Å². The third-order valence-corrected chi connectivity index (χ3v) is 3.47. The van der Waals surface area contributed by atoms with Crippen molar-refractivity contribution in [3.8, 4) is 0 Å². The zero-order chi connectivity index (χ0) is 10.8. The van der Waals surface area contributed by atoms with Crippen molar-refractivity contribution in [2.24, 2.45) is 11.7 Å². The van der Waals surface area contributed by atoms with E-state index in [-0.39, 0.29) is 0 Å². The predicted octanol–water partition coefficient (Wildman–Crippen LogP) is 2.83. The van der Waals surface area contributed by atoms with Crippen LogP contribution in [0.15, 0.2) is 18.2 Å². The second-order valence-electron chi connectivity index (χ2n) is 4.27. The lowest BCUT2D eigenvalue weighted by Crippen LogP contribution is -2.15. The summed E-state index contributed by atoms with van der Waals surface area (Å²) in [5.41, 5.74) is 8.18. The van der Waals surface area contributed by atoms with Crippen molar-refractivity contribution < 1.29 is 0 Å². The van der Waals surface area contributed by atoms with Gasteiger partial charge in [0.1, 0.15) is 0 Å². The molecule has 1 aromatic carbocycles. The second-order valence-corrected chi connectivity index (χ2v) is 4.71. The maximum atomic E-state index is 6.02. The Morgan fingerprint density at radius 3 is 3.13 bits per heavy atom. The van der Waals surface area contributed by atoms with Crippen LogP contribution in [-0.4, -0.2) is 13.1 Å². The molecule has 82 valence electrons. The van der Waals surface area contributed by atoms with Gasteiger partial charge in [0, 0.05) is 23.2 Å². The summed E-state index contributed by atoms with van der Waals surface area (Å²) in [4.78, 5) is 0. The van der Waals surface area contributed by atoms with Crippen molar-refractivity contribution in [3.05, 3.63) is 28.8 Å². The monoisotopic (exact) mass is 224 g/mol. The van der Waals surface area contributed by atoms with E-state index >= 15 is 0 Å². The summed E-state index contributed by atoms with van der Waals surface area (Å²) in [6, 6.07) is 6.07. The molecule has 3 heteroatoms. The first-order chi connectivity index (χ1) is 7.22. The molecule has 0 amide bonds. The Bertz CT molecular complexity index is 351. The van der Waals surface area contributed by atoms with Gasteiger partial charge in [0.05, 0.1) is 0 Å². The molecule has 0 bridgehead atoms. The Morgan fingerprint density at radius 2 is 2.40 bits per heavy atom. The second kappa shape index (κ2) is 4.42. The molecule has 0 aromatic heterocycles. The van der Waals surface area contributed by atoms with Gasteiger partial charge in [-0.05, 0) is 42.6 Å². The van der Waals surface area contributed by atoms with Gasteiger partial charge in [-0.25, -0.2) is 0 Å². The number of anilines is 1. The fourth-order valence-corrected chi connectivity index (χ4v) is 2.48. The highest BCUT2D eigenvalue weighted by atomic mass is 35.5. The summed E-state index contributed by atoms with van der Waals surface area (Å²) in [7, 11) is 0. The molecule has 0 saturated carbocycles. The van der Waals surface area contributed by atoms with E-state index in [4.69, 9.17) is 17.3 Å². The average molecular weight is 225 g/mol. The normalized spacial score (nSPS) is 20.9. The maximum Gasteiger partial charge on any atom is 0.0410 e. The number of rotatable bonds is 3. The number of halogens is 1. The summed E-state index contributed by atoms with van der Waals surface area (Å²) in [6.07, 6.45) is 1.07. The molecule has 1 aliphatic rings. The van der Waals surface area contributed by atoms with Gasteiger partial charge in [-0.1, -0.05) is 18.5 Å². The van der Waals surface area contributed by atoms with Gasteiger partial charge >= 0.3 is 0 Å².